The van der Waals surface area contributed by atoms with E-state index in [0.29, 0.717) is 18.8 Å². The van der Waals surface area contributed by atoms with Gasteiger partial charge >= 0.3 is 11.7 Å². The van der Waals surface area contributed by atoms with Gasteiger partial charge in [0.25, 0.3) is 0 Å². The van der Waals surface area contributed by atoms with E-state index in [2.05, 4.69) is 20.2 Å². The topological polar surface area (TPSA) is 125 Å². The standard InChI is InChI=1S/C16H18N6O4/c1-20-6-8-21(9-7-20)15-13(22(25)26)14(17-10-18-15)19-12-4-2-11(3-5-12)16(23)24/h2-5,10H,6-9H2,1H3,(H,23,24)(H,17,18,19). The quantitative estimate of drug-likeness (QED) is 0.605. The molecule has 1 saturated heterocycles. The predicted octanol–water partition coefficient (Wildman–Crippen LogP) is 1.58. The van der Waals surface area contributed by atoms with Crippen molar-refractivity contribution in [2.45, 2.75) is 0 Å². The third kappa shape index (κ3) is 3.70. The van der Waals surface area contributed by atoms with Crippen LogP contribution in [0.1, 0.15) is 10.4 Å². The van der Waals surface area contributed by atoms with Gasteiger partial charge < -0.3 is 20.2 Å². The minimum absolute atomic E-state index is 0.0713. The van der Waals surface area contributed by atoms with Crippen LogP contribution < -0.4 is 10.2 Å². The lowest BCUT2D eigenvalue weighted by Gasteiger charge is -2.32. The number of nitro groups is 1. The largest absolute Gasteiger partial charge is 0.478 e. The van der Waals surface area contributed by atoms with E-state index in [1.807, 2.05) is 11.9 Å². The van der Waals surface area contributed by atoms with Crippen LogP contribution in [0.4, 0.5) is 23.0 Å². The molecule has 0 aliphatic carbocycles. The first-order valence-corrected chi connectivity index (χ1v) is 7.99. The number of carboxylic acid groups (broad SMARTS) is 1. The van der Waals surface area contributed by atoms with E-state index in [9.17, 15) is 14.9 Å². The van der Waals surface area contributed by atoms with Gasteiger partial charge in [-0.25, -0.2) is 14.8 Å². The number of anilines is 3. The van der Waals surface area contributed by atoms with Gasteiger partial charge in [-0.3, -0.25) is 10.1 Å². The van der Waals surface area contributed by atoms with Gasteiger partial charge in [-0.1, -0.05) is 0 Å². The molecule has 2 aromatic rings. The molecule has 0 saturated carbocycles. The number of piperazine rings is 1. The van der Waals surface area contributed by atoms with Gasteiger partial charge in [-0.15, -0.1) is 0 Å². The molecule has 1 aliphatic heterocycles. The summed E-state index contributed by atoms with van der Waals surface area (Å²) in [6, 6.07) is 5.90. The molecule has 0 spiro atoms. The Balaban J connectivity index is 1.90. The van der Waals surface area contributed by atoms with E-state index in [-0.39, 0.29) is 22.9 Å². The molecule has 1 aromatic carbocycles. The number of hydrogen-bond donors (Lipinski definition) is 2. The van der Waals surface area contributed by atoms with Crippen LogP contribution in [0.25, 0.3) is 0 Å². The second-order valence-corrected chi connectivity index (χ2v) is 5.95. The van der Waals surface area contributed by atoms with Crippen LogP contribution >= 0.6 is 0 Å². The lowest BCUT2D eigenvalue weighted by atomic mass is 10.2. The zero-order valence-electron chi connectivity index (χ0n) is 14.1. The highest BCUT2D eigenvalue weighted by atomic mass is 16.6. The maximum Gasteiger partial charge on any atom is 0.353 e. The van der Waals surface area contributed by atoms with Crippen LogP contribution in [-0.2, 0) is 0 Å². The zero-order valence-corrected chi connectivity index (χ0v) is 14.1. The fraction of sp³-hybridized carbons (Fsp3) is 0.312. The Morgan fingerprint density at radius 1 is 1.19 bits per heavy atom. The van der Waals surface area contributed by atoms with Crippen LogP contribution in [0.15, 0.2) is 30.6 Å². The monoisotopic (exact) mass is 358 g/mol. The van der Waals surface area contributed by atoms with Crippen LogP contribution in [0.3, 0.4) is 0 Å². The third-order valence-electron chi connectivity index (χ3n) is 4.18. The van der Waals surface area contributed by atoms with Gasteiger partial charge in [0.2, 0.25) is 11.6 Å². The second kappa shape index (κ2) is 7.31. The fourth-order valence-corrected chi connectivity index (χ4v) is 2.71. The van der Waals surface area contributed by atoms with Gasteiger partial charge in [0, 0.05) is 31.9 Å². The summed E-state index contributed by atoms with van der Waals surface area (Å²) in [6.07, 6.45) is 1.29. The molecular weight excluding hydrogens is 340 g/mol. The summed E-state index contributed by atoms with van der Waals surface area (Å²) in [4.78, 5) is 34.2. The fourth-order valence-electron chi connectivity index (χ4n) is 2.71. The Labute approximate surface area is 149 Å². The lowest BCUT2D eigenvalue weighted by Crippen LogP contribution is -2.45. The first kappa shape index (κ1) is 17.5. The predicted molar refractivity (Wildman–Crippen MR) is 95.1 cm³/mol. The van der Waals surface area contributed by atoms with Crippen molar-refractivity contribution in [3.05, 3.63) is 46.3 Å². The van der Waals surface area contributed by atoms with Crippen LogP contribution in [0.2, 0.25) is 0 Å². The summed E-state index contributed by atoms with van der Waals surface area (Å²) in [5.41, 5.74) is 0.436. The highest BCUT2D eigenvalue weighted by Crippen LogP contribution is 2.33. The molecule has 1 fully saturated rings. The number of aromatic carboxylic acids is 1. The van der Waals surface area contributed by atoms with Crippen molar-refractivity contribution < 1.29 is 14.8 Å². The summed E-state index contributed by atoms with van der Waals surface area (Å²) in [6.45, 7) is 2.86. The van der Waals surface area contributed by atoms with Crippen LogP contribution in [-0.4, -0.2) is 64.1 Å². The molecule has 2 heterocycles. The molecule has 0 bridgehead atoms. The normalized spacial score (nSPS) is 14.9. The Hall–Kier alpha value is -3.27. The number of likely N-dealkylation sites (N-methyl/N-ethyl adjacent to an activating group) is 1. The average molecular weight is 358 g/mol. The minimum atomic E-state index is -1.04. The van der Waals surface area contributed by atoms with Crippen molar-refractivity contribution in [2.75, 3.05) is 43.4 Å². The molecule has 0 radical (unpaired) electrons. The maximum atomic E-state index is 11.7. The summed E-state index contributed by atoms with van der Waals surface area (Å²) in [5.74, 6) is -0.688. The molecular formula is C16H18N6O4. The molecule has 10 heteroatoms. The van der Waals surface area contributed by atoms with Gasteiger partial charge in [0.15, 0.2) is 0 Å². The molecule has 1 aromatic heterocycles. The highest BCUT2D eigenvalue weighted by molar-refractivity contribution is 5.88. The number of carbonyl (C=O) groups is 1. The van der Waals surface area contributed by atoms with Gasteiger partial charge in [-0.2, -0.15) is 0 Å². The van der Waals surface area contributed by atoms with E-state index in [1.54, 1.807) is 0 Å². The third-order valence-corrected chi connectivity index (χ3v) is 4.18. The highest BCUT2D eigenvalue weighted by Gasteiger charge is 2.28. The molecule has 2 N–H and O–H groups in total. The van der Waals surface area contributed by atoms with Crippen molar-refractivity contribution in [1.82, 2.24) is 14.9 Å². The zero-order chi connectivity index (χ0) is 18.7. The van der Waals surface area contributed by atoms with Crippen molar-refractivity contribution >= 4 is 29.0 Å². The molecule has 0 atom stereocenters. The smallest absolute Gasteiger partial charge is 0.353 e. The summed E-state index contributed by atoms with van der Waals surface area (Å²) in [7, 11) is 2.00. The molecule has 1 aliphatic rings. The number of nitrogens with zero attached hydrogens (tertiary/aromatic N) is 5. The Bertz CT molecular complexity index is 818. The number of benzene rings is 1. The average Bonchev–Trinajstić information content (AvgIpc) is 2.62. The van der Waals surface area contributed by atoms with E-state index >= 15 is 0 Å². The maximum absolute atomic E-state index is 11.7. The van der Waals surface area contributed by atoms with Gasteiger partial charge in [0.05, 0.1) is 10.5 Å². The molecule has 136 valence electrons. The number of nitrogens with one attached hydrogen (secondary N) is 1. The van der Waals surface area contributed by atoms with E-state index < -0.39 is 10.9 Å². The number of hydrogen-bond acceptors (Lipinski definition) is 8. The van der Waals surface area contributed by atoms with E-state index in [4.69, 9.17) is 5.11 Å². The number of rotatable bonds is 5. The molecule has 0 amide bonds. The lowest BCUT2D eigenvalue weighted by molar-refractivity contribution is -0.383. The van der Waals surface area contributed by atoms with Crippen molar-refractivity contribution in [3.63, 3.8) is 0 Å². The minimum Gasteiger partial charge on any atom is -0.478 e. The van der Waals surface area contributed by atoms with E-state index in [1.165, 1.54) is 30.6 Å². The first-order chi connectivity index (χ1) is 12.5. The van der Waals surface area contributed by atoms with E-state index in [0.717, 1.165) is 13.1 Å². The Morgan fingerprint density at radius 2 is 1.85 bits per heavy atom. The van der Waals surface area contributed by atoms with Gasteiger partial charge in [-0.05, 0) is 31.3 Å². The molecule has 3 rings (SSSR count). The van der Waals surface area contributed by atoms with Crippen LogP contribution in [0.5, 0.6) is 0 Å². The SMILES string of the molecule is CN1CCN(c2ncnc(Nc3ccc(C(=O)O)cc3)c2[N+](=O)[O-])CC1. The summed E-state index contributed by atoms with van der Waals surface area (Å²) < 4.78 is 0. The van der Waals surface area contributed by atoms with Crippen molar-refractivity contribution in [1.29, 1.82) is 0 Å². The molecule has 10 nitrogen and oxygen atoms in total. The van der Waals surface area contributed by atoms with Crippen molar-refractivity contribution in [2.24, 2.45) is 0 Å². The van der Waals surface area contributed by atoms with Gasteiger partial charge in [0.1, 0.15) is 6.33 Å². The first-order valence-electron chi connectivity index (χ1n) is 7.99. The Morgan fingerprint density at radius 3 is 2.42 bits per heavy atom. The number of carboxylic acids is 1. The van der Waals surface area contributed by atoms with Crippen molar-refractivity contribution in [3.8, 4) is 0 Å². The Kier molecular flexibility index (Phi) is 4.94. The summed E-state index contributed by atoms with van der Waals surface area (Å²) in [5, 5.41) is 23.5. The second-order valence-electron chi connectivity index (χ2n) is 5.95. The summed E-state index contributed by atoms with van der Waals surface area (Å²) >= 11 is 0. The molecule has 0 unspecified atom stereocenters. The number of aromatic nitrogens is 2. The van der Waals surface area contributed by atoms with Crippen LogP contribution in [0, 0.1) is 10.1 Å². The molecule has 26 heavy (non-hydrogen) atoms.